The first-order valence-electron chi connectivity index (χ1n) is 6.41. The van der Waals surface area contributed by atoms with Crippen molar-refractivity contribution in [2.75, 3.05) is 0 Å². The summed E-state index contributed by atoms with van der Waals surface area (Å²) in [6.07, 6.45) is 4.79. The van der Waals surface area contributed by atoms with E-state index in [0.29, 0.717) is 0 Å². The number of ether oxygens (including phenoxy) is 2. The monoisotopic (exact) mass is 270 g/mol. The van der Waals surface area contributed by atoms with Crippen molar-refractivity contribution in [3.05, 3.63) is 29.8 Å². The number of alkyl halides is 2. The Morgan fingerprint density at radius 3 is 2.53 bits per heavy atom. The molecule has 0 radical (unpaired) electrons. The van der Waals surface area contributed by atoms with E-state index < -0.39 is 12.6 Å². The Kier molecular flexibility index (Phi) is 4.71. The lowest BCUT2D eigenvalue weighted by Crippen LogP contribution is -2.21. The number of rotatable bonds is 4. The van der Waals surface area contributed by atoms with Crippen LogP contribution < -0.4 is 4.74 Å². The number of benzene rings is 1. The summed E-state index contributed by atoms with van der Waals surface area (Å²) in [5.74, 6) is -0.735. The number of hydrogen-bond donors (Lipinski definition) is 0. The van der Waals surface area contributed by atoms with Gasteiger partial charge in [-0.25, -0.2) is 4.79 Å². The highest BCUT2D eigenvalue weighted by molar-refractivity contribution is 5.92. The fourth-order valence-corrected chi connectivity index (χ4v) is 2.23. The summed E-state index contributed by atoms with van der Waals surface area (Å²) in [4.78, 5) is 12.0. The van der Waals surface area contributed by atoms with Crippen LogP contribution in [-0.2, 0) is 4.74 Å². The quantitative estimate of drug-likeness (QED) is 0.781. The number of hydrogen-bond acceptors (Lipinski definition) is 3. The fraction of sp³-hybridized carbons (Fsp3) is 0.500. The van der Waals surface area contributed by atoms with Gasteiger partial charge in [-0.15, -0.1) is 0 Å². The average molecular weight is 270 g/mol. The highest BCUT2D eigenvalue weighted by atomic mass is 19.3. The summed E-state index contributed by atoms with van der Waals surface area (Å²) in [5.41, 5.74) is 0.0494. The summed E-state index contributed by atoms with van der Waals surface area (Å²) < 4.78 is 34.2. The van der Waals surface area contributed by atoms with Crippen LogP contribution in [0.2, 0.25) is 0 Å². The Morgan fingerprint density at radius 2 is 1.84 bits per heavy atom. The molecule has 0 aromatic heterocycles. The van der Waals surface area contributed by atoms with Gasteiger partial charge in [0.05, 0.1) is 0 Å². The van der Waals surface area contributed by atoms with Gasteiger partial charge < -0.3 is 9.47 Å². The molecule has 1 aromatic carbocycles. The maximum absolute atomic E-state index is 12.2. The molecule has 1 fully saturated rings. The fourth-order valence-electron chi connectivity index (χ4n) is 2.23. The van der Waals surface area contributed by atoms with Crippen molar-refractivity contribution < 1.29 is 23.0 Å². The Morgan fingerprint density at radius 1 is 1.16 bits per heavy atom. The number of carbonyl (C=O) groups excluding carboxylic acids is 1. The molecule has 0 saturated heterocycles. The molecule has 0 aliphatic heterocycles. The van der Waals surface area contributed by atoms with Crippen LogP contribution in [0.25, 0.3) is 0 Å². The Balaban J connectivity index is 2.05. The Hall–Kier alpha value is -1.65. The third kappa shape index (κ3) is 3.91. The molecular formula is C14H16F2O3. The molecule has 1 aromatic rings. The molecule has 0 heterocycles. The van der Waals surface area contributed by atoms with Crippen molar-refractivity contribution in [3.8, 4) is 5.75 Å². The normalized spacial score (nSPS) is 16.4. The third-order valence-corrected chi connectivity index (χ3v) is 3.15. The molecule has 5 heteroatoms. The van der Waals surface area contributed by atoms with E-state index in [-0.39, 0.29) is 17.4 Å². The molecule has 0 N–H and O–H groups in total. The van der Waals surface area contributed by atoms with Crippen LogP contribution in [0.4, 0.5) is 8.78 Å². The Labute approximate surface area is 110 Å². The lowest BCUT2D eigenvalue weighted by Gasteiger charge is -2.22. The molecule has 2 rings (SSSR count). The predicted molar refractivity (Wildman–Crippen MR) is 65.4 cm³/mol. The zero-order valence-electron chi connectivity index (χ0n) is 10.5. The van der Waals surface area contributed by atoms with Gasteiger partial charge in [0.15, 0.2) is 0 Å². The van der Waals surface area contributed by atoms with Gasteiger partial charge in [-0.1, -0.05) is 18.6 Å². The van der Waals surface area contributed by atoms with Crippen molar-refractivity contribution in [1.29, 1.82) is 0 Å². The molecule has 0 bridgehead atoms. The molecule has 0 unspecified atom stereocenters. The van der Waals surface area contributed by atoms with E-state index in [0.717, 1.165) is 32.1 Å². The van der Waals surface area contributed by atoms with E-state index >= 15 is 0 Å². The zero-order valence-corrected chi connectivity index (χ0v) is 10.5. The van der Waals surface area contributed by atoms with Gasteiger partial charge in [0.2, 0.25) is 0 Å². The molecule has 1 aliphatic rings. The summed E-state index contributed by atoms with van der Waals surface area (Å²) in [5, 5.41) is 0. The maximum atomic E-state index is 12.2. The second kappa shape index (κ2) is 6.50. The number of para-hydroxylation sites is 1. The zero-order chi connectivity index (χ0) is 13.7. The van der Waals surface area contributed by atoms with Crippen molar-refractivity contribution in [3.63, 3.8) is 0 Å². The largest absolute Gasteiger partial charge is 0.459 e. The molecule has 0 amide bonds. The van der Waals surface area contributed by atoms with Gasteiger partial charge in [0.1, 0.15) is 17.4 Å². The smallest absolute Gasteiger partial charge is 0.387 e. The van der Waals surface area contributed by atoms with Crippen LogP contribution in [-0.4, -0.2) is 18.7 Å². The van der Waals surface area contributed by atoms with Crippen molar-refractivity contribution in [2.24, 2.45) is 0 Å². The molecule has 0 spiro atoms. The first-order valence-corrected chi connectivity index (χ1v) is 6.41. The minimum absolute atomic E-state index is 0.0494. The van der Waals surface area contributed by atoms with E-state index in [4.69, 9.17) is 4.74 Å². The highest BCUT2D eigenvalue weighted by Crippen LogP contribution is 2.25. The van der Waals surface area contributed by atoms with E-state index in [9.17, 15) is 13.6 Å². The molecular weight excluding hydrogens is 254 g/mol. The van der Waals surface area contributed by atoms with Gasteiger partial charge in [-0.05, 0) is 37.8 Å². The Bertz CT molecular complexity index is 428. The molecule has 19 heavy (non-hydrogen) atoms. The molecule has 3 nitrogen and oxygen atoms in total. The summed E-state index contributed by atoms with van der Waals surface area (Å²) in [7, 11) is 0. The summed E-state index contributed by atoms with van der Waals surface area (Å²) in [6, 6.07) is 5.90. The average Bonchev–Trinajstić information content (AvgIpc) is 2.39. The first-order chi connectivity index (χ1) is 9.16. The van der Waals surface area contributed by atoms with Crippen LogP contribution in [0.3, 0.4) is 0 Å². The van der Waals surface area contributed by atoms with E-state index in [2.05, 4.69) is 4.74 Å². The van der Waals surface area contributed by atoms with E-state index in [1.807, 2.05) is 0 Å². The molecule has 104 valence electrons. The maximum Gasteiger partial charge on any atom is 0.387 e. The van der Waals surface area contributed by atoms with Gasteiger partial charge >= 0.3 is 12.6 Å². The highest BCUT2D eigenvalue weighted by Gasteiger charge is 2.21. The van der Waals surface area contributed by atoms with E-state index in [1.165, 1.54) is 18.2 Å². The van der Waals surface area contributed by atoms with Crippen LogP contribution in [0.1, 0.15) is 42.5 Å². The van der Waals surface area contributed by atoms with Gasteiger partial charge in [-0.3, -0.25) is 0 Å². The molecule has 1 saturated carbocycles. The van der Waals surface area contributed by atoms with Crippen LogP contribution in [0, 0.1) is 0 Å². The number of carbonyl (C=O) groups is 1. The SMILES string of the molecule is O=C(OC1CCCCC1)c1ccccc1OC(F)F. The third-order valence-electron chi connectivity index (χ3n) is 3.15. The van der Waals surface area contributed by atoms with Crippen molar-refractivity contribution in [2.45, 2.75) is 44.8 Å². The lowest BCUT2D eigenvalue weighted by molar-refractivity contribution is -0.0506. The summed E-state index contributed by atoms with van der Waals surface area (Å²) >= 11 is 0. The van der Waals surface area contributed by atoms with Crippen LogP contribution in [0.5, 0.6) is 5.75 Å². The summed E-state index contributed by atoms with van der Waals surface area (Å²) in [6.45, 7) is -2.95. The number of esters is 1. The number of halogens is 2. The molecule has 0 atom stereocenters. The minimum Gasteiger partial charge on any atom is -0.459 e. The minimum atomic E-state index is -2.95. The van der Waals surface area contributed by atoms with Crippen molar-refractivity contribution >= 4 is 5.97 Å². The predicted octanol–water partition coefficient (Wildman–Crippen LogP) is 3.78. The second-order valence-electron chi connectivity index (χ2n) is 4.54. The molecule has 1 aliphatic carbocycles. The van der Waals surface area contributed by atoms with Crippen molar-refractivity contribution in [1.82, 2.24) is 0 Å². The first kappa shape index (κ1) is 13.8. The topological polar surface area (TPSA) is 35.5 Å². The van der Waals surface area contributed by atoms with Gasteiger partial charge in [0, 0.05) is 0 Å². The van der Waals surface area contributed by atoms with E-state index in [1.54, 1.807) is 6.07 Å². The van der Waals surface area contributed by atoms with Crippen LogP contribution >= 0.6 is 0 Å². The standard InChI is InChI=1S/C14H16F2O3/c15-14(16)19-12-9-5-4-8-11(12)13(17)18-10-6-2-1-3-7-10/h4-5,8-10,14H,1-3,6-7H2. The van der Waals surface area contributed by atoms with Gasteiger partial charge in [0.25, 0.3) is 0 Å². The van der Waals surface area contributed by atoms with Gasteiger partial charge in [-0.2, -0.15) is 8.78 Å². The second-order valence-corrected chi connectivity index (χ2v) is 4.54. The van der Waals surface area contributed by atoms with Crippen LogP contribution in [0.15, 0.2) is 24.3 Å². The lowest BCUT2D eigenvalue weighted by atomic mass is 9.98.